The molecule has 3 rings (SSSR count). The molecule has 162 valence electrons. The average molecular weight is 435 g/mol. The van der Waals surface area contributed by atoms with E-state index in [2.05, 4.69) is 0 Å². The van der Waals surface area contributed by atoms with Gasteiger partial charge in [-0.2, -0.15) is 5.06 Å². The van der Waals surface area contributed by atoms with Crippen molar-refractivity contribution in [3.8, 4) is 11.5 Å². The zero-order chi connectivity index (χ0) is 21.9. The number of likely N-dealkylation sites (N-methyl/N-ethyl adjacent to an activating group) is 1. The molecule has 2 aromatic rings. The maximum Gasteiger partial charge on any atom is 0.350 e. The first-order valence-corrected chi connectivity index (χ1v) is 11.3. The van der Waals surface area contributed by atoms with E-state index in [0.29, 0.717) is 5.56 Å². The number of phenols is 2. The van der Waals surface area contributed by atoms with E-state index < -0.39 is 31.2 Å². The molecule has 0 aliphatic carbocycles. The van der Waals surface area contributed by atoms with Crippen molar-refractivity contribution in [2.24, 2.45) is 0 Å². The standard InChI is InChI=1S/C21H26NO7P/c1-4-27-30(26,28-5-2)21-18(14-9-7-6-8-10-14)20(29-22(21)3)19(25)16-13-15(23)11-12-17(16)24/h6-13,18,20-21,23-24H,4-5H2,1-3H3/t18-,20+,21-/m1/s1. The fourth-order valence-electron chi connectivity index (χ4n) is 3.74. The normalized spacial score (nSPS) is 22.3. The molecule has 0 bridgehead atoms. The van der Waals surface area contributed by atoms with Crippen LogP contribution < -0.4 is 0 Å². The van der Waals surface area contributed by atoms with E-state index in [1.807, 2.05) is 30.3 Å². The maximum absolute atomic E-state index is 13.7. The second-order valence-electron chi connectivity index (χ2n) is 6.86. The Morgan fingerprint density at radius 1 is 1.10 bits per heavy atom. The van der Waals surface area contributed by atoms with Gasteiger partial charge in [0.05, 0.1) is 18.8 Å². The SMILES string of the molecule is CCOP(=O)(OCC)[C@@H]1[C@H](c2ccccc2)[C@@H](C(=O)c2cc(O)ccc2O)ON1C. The first-order chi connectivity index (χ1) is 14.3. The molecular formula is C21H26NO7P. The second kappa shape index (κ2) is 9.29. The number of nitrogens with zero attached hydrogens (tertiary/aromatic N) is 1. The van der Waals surface area contributed by atoms with Gasteiger partial charge >= 0.3 is 7.60 Å². The maximum atomic E-state index is 13.7. The van der Waals surface area contributed by atoms with Crippen molar-refractivity contribution in [2.75, 3.05) is 20.3 Å². The number of rotatable bonds is 8. The summed E-state index contributed by atoms with van der Waals surface area (Å²) in [6.45, 7) is 3.75. The molecule has 0 spiro atoms. The highest BCUT2D eigenvalue weighted by Crippen LogP contribution is 2.61. The van der Waals surface area contributed by atoms with Crippen LogP contribution in [-0.2, 0) is 18.5 Å². The van der Waals surface area contributed by atoms with E-state index in [1.54, 1.807) is 20.9 Å². The van der Waals surface area contributed by atoms with Crippen LogP contribution in [0.4, 0.5) is 0 Å². The summed E-state index contributed by atoms with van der Waals surface area (Å²) in [4.78, 5) is 19.2. The molecule has 2 aromatic carbocycles. The molecule has 8 nitrogen and oxygen atoms in total. The smallest absolute Gasteiger partial charge is 0.350 e. The van der Waals surface area contributed by atoms with Gasteiger partial charge in [-0.1, -0.05) is 30.3 Å². The van der Waals surface area contributed by atoms with Crippen LogP contribution in [-0.4, -0.2) is 53.2 Å². The minimum absolute atomic E-state index is 0.0855. The number of phenolic OH excluding ortho intramolecular Hbond substituents is 2. The highest BCUT2D eigenvalue weighted by atomic mass is 31.2. The van der Waals surface area contributed by atoms with E-state index >= 15 is 0 Å². The van der Waals surface area contributed by atoms with Gasteiger partial charge in [-0.05, 0) is 37.6 Å². The third-order valence-electron chi connectivity index (χ3n) is 4.93. The van der Waals surface area contributed by atoms with E-state index in [0.717, 1.165) is 0 Å². The molecule has 3 atom stereocenters. The molecule has 1 fully saturated rings. The van der Waals surface area contributed by atoms with Crippen molar-refractivity contribution in [1.29, 1.82) is 0 Å². The predicted octanol–water partition coefficient (Wildman–Crippen LogP) is 3.90. The summed E-state index contributed by atoms with van der Waals surface area (Å²) in [6, 6.07) is 12.8. The van der Waals surface area contributed by atoms with Gasteiger partial charge in [0, 0.05) is 13.0 Å². The third-order valence-corrected chi connectivity index (χ3v) is 7.46. The molecule has 1 heterocycles. The Morgan fingerprint density at radius 3 is 2.33 bits per heavy atom. The Hall–Kier alpha value is -2.22. The summed E-state index contributed by atoms with van der Waals surface area (Å²) < 4.78 is 24.8. The second-order valence-corrected chi connectivity index (χ2v) is 8.99. The highest BCUT2D eigenvalue weighted by Gasteiger charge is 2.56. The lowest BCUT2D eigenvalue weighted by Gasteiger charge is -2.30. The molecule has 9 heteroatoms. The largest absolute Gasteiger partial charge is 0.508 e. The van der Waals surface area contributed by atoms with E-state index in [1.165, 1.54) is 23.3 Å². The minimum atomic E-state index is -3.70. The number of hydrogen-bond donors (Lipinski definition) is 2. The average Bonchev–Trinajstić information content (AvgIpc) is 3.08. The zero-order valence-electron chi connectivity index (χ0n) is 17.1. The number of carbonyl (C=O) groups is 1. The molecule has 0 saturated carbocycles. The van der Waals surface area contributed by atoms with Gasteiger partial charge in [-0.25, -0.2) is 0 Å². The molecule has 2 N–H and O–H groups in total. The van der Waals surface area contributed by atoms with Crippen LogP contribution in [0.25, 0.3) is 0 Å². The number of hydrogen-bond acceptors (Lipinski definition) is 8. The number of benzene rings is 2. The summed E-state index contributed by atoms with van der Waals surface area (Å²) >= 11 is 0. The fourth-order valence-corrected chi connectivity index (χ4v) is 6.02. The van der Waals surface area contributed by atoms with Crippen molar-refractivity contribution in [2.45, 2.75) is 31.7 Å². The Balaban J connectivity index is 2.10. The van der Waals surface area contributed by atoms with Gasteiger partial charge in [-0.15, -0.1) is 0 Å². The van der Waals surface area contributed by atoms with Crippen LogP contribution in [0, 0.1) is 0 Å². The van der Waals surface area contributed by atoms with Gasteiger partial charge in [-0.3, -0.25) is 14.2 Å². The molecule has 0 amide bonds. The van der Waals surface area contributed by atoms with Crippen LogP contribution in [0.15, 0.2) is 48.5 Å². The highest BCUT2D eigenvalue weighted by molar-refractivity contribution is 7.54. The third kappa shape index (κ3) is 4.29. The Morgan fingerprint density at radius 2 is 1.73 bits per heavy atom. The Labute approximate surface area is 175 Å². The van der Waals surface area contributed by atoms with Crippen molar-refractivity contribution >= 4 is 13.4 Å². The van der Waals surface area contributed by atoms with Crippen LogP contribution in [0.1, 0.15) is 35.7 Å². The van der Waals surface area contributed by atoms with Gasteiger partial charge in [0.15, 0.2) is 11.9 Å². The van der Waals surface area contributed by atoms with Crippen LogP contribution in [0.5, 0.6) is 11.5 Å². The lowest BCUT2D eigenvalue weighted by atomic mass is 9.89. The molecule has 0 radical (unpaired) electrons. The summed E-state index contributed by atoms with van der Waals surface area (Å²) in [7, 11) is -2.13. The molecule has 1 saturated heterocycles. The predicted molar refractivity (Wildman–Crippen MR) is 111 cm³/mol. The molecule has 1 aliphatic heterocycles. The van der Waals surface area contributed by atoms with Crippen molar-refractivity contribution < 1.29 is 33.5 Å². The number of hydroxylamine groups is 2. The van der Waals surface area contributed by atoms with Crippen LogP contribution in [0.3, 0.4) is 0 Å². The quantitative estimate of drug-likeness (QED) is 0.365. The van der Waals surface area contributed by atoms with Gasteiger partial charge < -0.3 is 19.3 Å². The number of Topliss-reactive ketones (excluding diaryl/α,β-unsaturated/α-hetero) is 1. The van der Waals surface area contributed by atoms with Gasteiger partial charge in [0.25, 0.3) is 0 Å². The summed E-state index contributed by atoms with van der Waals surface area (Å²) in [5, 5.41) is 21.3. The molecule has 0 aromatic heterocycles. The first-order valence-electron chi connectivity index (χ1n) is 9.72. The fraction of sp³-hybridized carbons (Fsp3) is 0.381. The molecular weight excluding hydrogens is 409 g/mol. The lowest BCUT2D eigenvalue weighted by Crippen LogP contribution is -2.31. The van der Waals surface area contributed by atoms with Crippen LogP contribution in [0.2, 0.25) is 0 Å². The number of ketones is 1. The van der Waals surface area contributed by atoms with Gasteiger partial charge in [0.1, 0.15) is 17.3 Å². The topological polar surface area (TPSA) is 106 Å². The van der Waals surface area contributed by atoms with Gasteiger partial charge in [0.2, 0.25) is 0 Å². The van der Waals surface area contributed by atoms with Crippen LogP contribution >= 0.6 is 7.60 Å². The Kier molecular flexibility index (Phi) is 6.95. The van der Waals surface area contributed by atoms with E-state index in [-0.39, 0.29) is 30.3 Å². The minimum Gasteiger partial charge on any atom is -0.508 e. The van der Waals surface area contributed by atoms with Crippen molar-refractivity contribution in [3.05, 3.63) is 59.7 Å². The monoisotopic (exact) mass is 435 g/mol. The zero-order valence-corrected chi connectivity index (χ0v) is 18.0. The Bertz CT molecular complexity index is 926. The first kappa shape index (κ1) is 22.5. The molecule has 0 unspecified atom stereocenters. The number of aromatic hydroxyl groups is 2. The summed E-state index contributed by atoms with van der Waals surface area (Å²) in [6.07, 6.45) is -1.11. The summed E-state index contributed by atoms with van der Waals surface area (Å²) in [5.74, 6) is -2.57. The van der Waals surface area contributed by atoms with Crippen molar-refractivity contribution in [1.82, 2.24) is 5.06 Å². The summed E-state index contributed by atoms with van der Waals surface area (Å²) in [5.41, 5.74) is 0.627. The van der Waals surface area contributed by atoms with E-state index in [4.69, 9.17) is 13.9 Å². The number of carbonyl (C=O) groups excluding carboxylic acids is 1. The lowest BCUT2D eigenvalue weighted by molar-refractivity contribution is -0.122. The molecule has 1 aliphatic rings. The van der Waals surface area contributed by atoms with Crippen molar-refractivity contribution in [3.63, 3.8) is 0 Å². The van der Waals surface area contributed by atoms with E-state index in [9.17, 15) is 19.6 Å². The molecule has 30 heavy (non-hydrogen) atoms.